The summed E-state index contributed by atoms with van der Waals surface area (Å²) >= 11 is 7.36. The van der Waals surface area contributed by atoms with E-state index in [0.717, 1.165) is 11.6 Å². The molecular formula is C8H12ClNOS. The predicted octanol–water partition coefficient (Wildman–Crippen LogP) is 1.87. The number of hydrogen-bond donors (Lipinski definition) is 2. The van der Waals surface area contributed by atoms with Crippen LogP contribution in [0.1, 0.15) is 11.8 Å². The highest BCUT2D eigenvalue weighted by Crippen LogP contribution is 2.18. The molecular weight excluding hydrogens is 194 g/mol. The van der Waals surface area contributed by atoms with Crippen LogP contribution >= 0.6 is 22.9 Å². The molecule has 1 heterocycles. The van der Waals surface area contributed by atoms with Crippen LogP contribution in [0.25, 0.3) is 0 Å². The van der Waals surface area contributed by atoms with Gasteiger partial charge >= 0.3 is 0 Å². The summed E-state index contributed by atoms with van der Waals surface area (Å²) in [5.74, 6) is 0. The van der Waals surface area contributed by atoms with E-state index in [1.54, 1.807) is 18.3 Å². The van der Waals surface area contributed by atoms with E-state index in [-0.39, 0.29) is 6.10 Å². The average molecular weight is 206 g/mol. The summed E-state index contributed by atoms with van der Waals surface area (Å²) in [6.07, 6.45) is -0.291. The van der Waals surface area contributed by atoms with E-state index in [1.165, 1.54) is 4.88 Å². The van der Waals surface area contributed by atoms with Crippen molar-refractivity contribution in [2.45, 2.75) is 19.6 Å². The van der Waals surface area contributed by atoms with Crippen LogP contribution in [0.3, 0.4) is 0 Å². The van der Waals surface area contributed by atoms with E-state index in [2.05, 4.69) is 5.32 Å². The monoisotopic (exact) mass is 205 g/mol. The molecule has 0 aromatic carbocycles. The fourth-order valence-electron chi connectivity index (χ4n) is 0.851. The molecule has 2 N–H and O–H groups in total. The minimum Gasteiger partial charge on any atom is -0.392 e. The third kappa shape index (κ3) is 3.54. The van der Waals surface area contributed by atoms with E-state index >= 15 is 0 Å². The largest absolute Gasteiger partial charge is 0.392 e. The standard InChI is InChI=1S/C8H12ClNOS/c1-6(11)3-10-4-8-2-7(9)5-12-8/h2,5-6,10-11H,3-4H2,1H3. The lowest BCUT2D eigenvalue weighted by Gasteiger charge is -2.04. The maximum Gasteiger partial charge on any atom is 0.0636 e. The summed E-state index contributed by atoms with van der Waals surface area (Å²) in [5, 5.41) is 14.8. The van der Waals surface area contributed by atoms with Gasteiger partial charge in [-0.05, 0) is 13.0 Å². The van der Waals surface area contributed by atoms with Gasteiger partial charge < -0.3 is 10.4 Å². The molecule has 1 aromatic rings. The second kappa shape index (κ2) is 4.82. The molecule has 1 atom stereocenters. The number of nitrogens with one attached hydrogen (secondary N) is 1. The first-order chi connectivity index (χ1) is 5.68. The summed E-state index contributed by atoms with van der Waals surface area (Å²) in [6.45, 7) is 3.16. The molecule has 1 aromatic heterocycles. The number of aliphatic hydroxyl groups is 1. The molecule has 12 heavy (non-hydrogen) atoms. The summed E-state index contributed by atoms with van der Waals surface area (Å²) in [7, 11) is 0. The van der Waals surface area contributed by atoms with Gasteiger partial charge in [-0.3, -0.25) is 0 Å². The fraction of sp³-hybridized carbons (Fsp3) is 0.500. The van der Waals surface area contributed by atoms with Crippen LogP contribution in [0, 0.1) is 0 Å². The van der Waals surface area contributed by atoms with Gasteiger partial charge in [-0.25, -0.2) is 0 Å². The third-order valence-corrected chi connectivity index (χ3v) is 2.65. The molecule has 2 nitrogen and oxygen atoms in total. The molecule has 1 unspecified atom stereocenters. The zero-order valence-corrected chi connectivity index (χ0v) is 8.45. The molecule has 0 radical (unpaired) electrons. The van der Waals surface area contributed by atoms with Crippen molar-refractivity contribution in [1.82, 2.24) is 5.32 Å². The molecule has 1 rings (SSSR count). The van der Waals surface area contributed by atoms with Gasteiger partial charge in [-0.2, -0.15) is 0 Å². The van der Waals surface area contributed by atoms with Crippen molar-refractivity contribution < 1.29 is 5.11 Å². The summed E-state index contributed by atoms with van der Waals surface area (Å²) in [6, 6.07) is 1.93. The summed E-state index contributed by atoms with van der Waals surface area (Å²) in [4.78, 5) is 1.20. The van der Waals surface area contributed by atoms with Crippen LogP contribution in [0.15, 0.2) is 11.4 Å². The molecule has 0 aliphatic heterocycles. The van der Waals surface area contributed by atoms with Crippen molar-refractivity contribution in [3.63, 3.8) is 0 Å². The molecule has 0 fully saturated rings. The molecule has 0 amide bonds. The maximum absolute atomic E-state index is 8.95. The zero-order chi connectivity index (χ0) is 8.97. The highest BCUT2D eigenvalue weighted by molar-refractivity contribution is 7.10. The van der Waals surface area contributed by atoms with Crippen molar-refractivity contribution in [3.8, 4) is 0 Å². The molecule has 4 heteroatoms. The molecule has 68 valence electrons. The van der Waals surface area contributed by atoms with Gasteiger partial charge in [-0.15, -0.1) is 11.3 Å². The van der Waals surface area contributed by atoms with E-state index < -0.39 is 0 Å². The molecule has 0 aliphatic rings. The minimum atomic E-state index is -0.291. The van der Waals surface area contributed by atoms with Crippen molar-refractivity contribution in [2.24, 2.45) is 0 Å². The Morgan fingerprint density at radius 3 is 3.00 bits per heavy atom. The van der Waals surface area contributed by atoms with E-state index in [1.807, 2.05) is 11.4 Å². The van der Waals surface area contributed by atoms with Gasteiger partial charge in [0.1, 0.15) is 0 Å². The van der Waals surface area contributed by atoms with Gasteiger partial charge in [0.25, 0.3) is 0 Å². The maximum atomic E-state index is 8.95. The van der Waals surface area contributed by atoms with Crippen molar-refractivity contribution in [3.05, 3.63) is 21.3 Å². The molecule has 0 spiro atoms. The first-order valence-electron chi connectivity index (χ1n) is 3.80. The molecule has 0 bridgehead atoms. The number of aliphatic hydroxyl groups excluding tert-OH is 1. The van der Waals surface area contributed by atoms with Gasteiger partial charge in [0.05, 0.1) is 11.1 Å². The third-order valence-electron chi connectivity index (χ3n) is 1.36. The van der Waals surface area contributed by atoms with Gasteiger partial charge in [0.2, 0.25) is 0 Å². The van der Waals surface area contributed by atoms with Crippen LogP contribution in [0.4, 0.5) is 0 Å². The second-order valence-electron chi connectivity index (χ2n) is 2.71. The Bertz CT molecular complexity index is 237. The smallest absolute Gasteiger partial charge is 0.0636 e. The van der Waals surface area contributed by atoms with Gasteiger partial charge in [0.15, 0.2) is 0 Å². The van der Waals surface area contributed by atoms with Crippen LogP contribution < -0.4 is 5.32 Å². The minimum absolute atomic E-state index is 0.291. The van der Waals surface area contributed by atoms with Crippen molar-refractivity contribution in [2.75, 3.05) is 6.54 Å². The number of hydrogen-bond acceptors (Lipinski definition) is 3. The lowest BCUT2D eigenvalue weighted by molar-refractivity contribution is 0.191. The second-order valence-corrected chi connectivity index (χ2v) is 4.14. The van der Waals surface area contributed by atoms with Crippen molar-refractivity contribution in [1.29, 1.82) is 0 Å². The quantitative estimate of drug-likeness (QED) is 0.787. The average Bonchev–Trinajstić information content (AvgIpc) is 2.35. The zero-order valence-electron chi connectivity index (χ0n) is 6.88. The Hall–Kier alpha value is -0.0900. The Balaban J connectivity index is 2.24. The number of halogens is 1. The number of thiophene rings is 1. The lowest BCUT2D eigenvalue weighted by Crippen LogP contribution is -2.23. The predicted molar refractivity (Wildman–Crippen MR) is 52.7 cm³/mol. The Kier molecular flexibility index (Phi) is 4.01. The van der Waals surface area contributed by atoms with Gasteiger partial charge in [-0.1, -0.05) is 11.6 Å². The van der Waals surface area contributed by atoms with Crippen LogP contribution in [0.5, 0.6) is 0 Å². The van der Waals surface area contributed by atoms with Crippen LogP contribution in [0.2, 0.25) is 5.02 Å². The fourth-order valence-corrected chi connectivity index (χ4v) is 1.89. The van der Waals surface area contributed by atoms with E-state index in [0.29, 0.717) is 6.54 Å². The Morgan fingerprint density at radius 2 is 2.50 bits per heavy atom. The van der Waals surface area contributed by atoms with Crippen LogP contribution in [-0.4, -0.2) is 17.8 Å². The van der Waals surface area contributed by atoms with Gasteiger partial charge in [0, 0.05) is 23.3 Å². The van der Waals surface area contributed by atoms with Crippen LogP contribution in [-0.2, 0) is 6.54 Å². The highest BCUT2D eigenvalue weighted by Gasteiger charge is 1.98. The lowest BCUT2D eigenvalue weighted by atomic mass is 10.4. The summed E-state index contributed by atoms with van der Waals surface area (Å²) < 4.78 is 0. The first-order valence-corrected chi connectivity index (χ1v) is 5.06. The number of rotatable bonds is 4. The van der Waals surface area contributed by atoms with E-state index in [9.17, 15) is 0 Å². The van der Waals surface area contributed by atoms with Crippen molar-refractivity contribution >= 4 is 22.9 Å². The van der Waals surface area contributed by atoms with E-state index in [4.69, 9.17) is 16.7 Å². The first kappa shape index (κ1) is 9.99. The summed E-state index contributed by atoms with van der Waals surface area (Å²) in [5.41, 5.74) is 0. The molecule has 0 aliphatic carbocycles. The topological polar surface area (TPSA) is 32.3 Å². The SMILES string of the molecule is CC(O)CNCc1cc(Cl)cs1. The Labute approximate surface area is 81.2 Å². The molecule has 0 saturated carbocycles. The highest BCUT2D eigenvalue weighted by atomic mass is 35.5. The normalized spacial score (nSPS) is 13.2. The Morgan fingerprint density at radius 1 is 1.75 bits per heavy atom. The molecule has 0 saturated heterocycles.